The summed E-state index contributed by atoms with van der Waals surface area (Å²) in [5, 5.41) is 0. The quantitative estimate of drug-likeness (QED) is 0.573. The monoisotopic (exact) mass is 483 g/mol. The topological polar surface area (TPSA) is 9.23 Å². The lowest BCUT2D eigenvalue weighted by atomic mass is 9.72. The van der Waals surface area contributed by atoms with Gasteiger partial charge < -0.3 is 26.2 Å². The van der Waals surface area contributed by atoms with Gasteiger partial charge in [0, 0.05) is 23.3 Å². The molecule has 3 heteroatoms. The van der Waals surface area contributed by atoms with Crippen LogP contribution in [0.4, 0.5) is 0 Å². The molecule has 2 aliphatic heterocycles. The lowest BCUT2D eigenvalue weighted by Crippen LogP contribution is -3.00. The number of quaternary nitrogens is 1. The van der Waals surface area contributed by atoms with Gasteiger partial charge in [0.25, 0.3) is 0 Å². The molecule has 0 aromatic heterocycles. The van der Waals surface area contributed by atoms with Crippen LogP contribution >= 0.6 is 0 Å². The summed E-state index contributed by atoms with van der Waals surface area (Å²) < 4.78 is 8.27. The first-order chi connectivity index (χ1) is 14.4. The Hall–Kier alpha value is -1.16. The summed E-state index contributed by atoms with van der Waals surface area (Å²) in [5.41, 5.74) is 3.08. The first kappa shape index (κ1) is 23.0. The number of benzene rings is 2. The molecule has 2 nitrogen and oxygen atoms in total. The van der Waals surface area contributed by atoms with E-state index in [0.717, 1.165) is 31.5 Å². The molecular weight excluding hydrogens is 446 g/mol. The highest BCUT2D eigenvalue weighted by atomic mass is 79.9. The molecule has 31 heavy (non-hydrogen) atoms. The summed E-state index contributed by atoms with van der Waals surface area (Å²) in [7, 11) is 0. The van der Waals surface area contributed by atoms with E-state index in [4.69, 9.17) is 4.74 Å². The van der Waals surface area contributed by atoms with E-state index in [1.807, 2.05) is 0 Å². The zero-order valence-electron chi connectivity index (χ0n) is 19.6. The second-order valence-electron chi connectivity index (χ2n) is 11.0. The Balaban J connectivity index is 0.00000231. The Kier molecular flexibility index (Phi) is 6.17. The van der Waals surface area contributed by atoms with Gasteiger partial charge >= 0.3 is 0 Å². The fourth-order valence-electron chi connectivity index (χ4n) is 8.08. The number of rotatable bonds is 6. The average molecular weight is 485 g/mol. The molecule has 3 fully saturated rings. The molecule has 1 saturated carbocycles. The van der Waals surface area contributed by atoms with Crippen molar-refractivity contribution < 1.29 is 26.2 Å². The number of hydrogen-bond acceptors (Lipinski definition) is 1. The highest BCUT2D eigenvalue weighted by molar-refractivity contribution is 5.20. The molecule has 3 aliphatic rings. The van der Waals surface area contributed by atoms with Crippen molar-refractivity contribution in [2.45, 2.75) is 64.8 Å². The minimum absolute atomic E-state index is 0. The molecule has 0 unspecified atom stereocenters. The number of ether oxygens (including phenoxy) is 1. The van der Waals surface area contributed by atoms with Crippen molar-refractivity contribution in [1.29, 1.82) is 0 Å². The summed E-state index contributed by atoms with van der Waals surface area (Å²) in [6.45, 7) is 14.3. The van der Waals surface area contributed by atoms with Crippen LogP contribution in [0.1, 0.15) is 51.7 Å². The second-order valence-corrected chi connectivity index (χ2v) is 11.0. The third-order valence-electron chi connectivity index (χ3n) is 9.36. The Bertz CT molecular complexity index is 886. The van der Waals surface area contributed by atoms with Crippen molar-refractivity contribution in [3.63, 3.8) is 0 Å². The zero-order valence-corrected chi connectivity index (χ0v) is 21.1. The maximum absolute atomic E-state index is 7.05. The van der Waals surface area contributed by atoms with Crippen molar-refractivity contribution in [1.82, 2.24) is 0 Å². The Morgan fingerprint density at radius 3 is 2.19 bits per heavy atom. The van der Waals surface area contributed by atoms with Gasteiger partial charge in [-0.2, -0.15) is 0 Å². The molecule has 2 aromatic rings. The van der Waals surface area contributed by atoms with Gasteiger partial charge in [-0.25, -0.2) is 0 Å². The Morgan fingerprint density at radius 2 is 1.58 bits per heavy atom. The van der Waals surface area contributed by atoms with Crippen molar-refractivity contribution in [3.05, 3.63) is 71.8 Å². The standard InChI is InChI=1S/C28H38NO.BrH/c1-21(2)28(30-19-24-13-9-6-10-14-24)20-29(18-23-11-7-5-8-12-23)17-22(3)25-15-16-26(28)27(25,29)4;/h5-14,21-22,25-26H,15-20H2,1-4H3;1H/q+1;/p-1/t22-,25+,26+,27-,28+,29-;/m1./s1. The first-order valence-corrected chi connectivity index (χ1v) is 12.0. The maximum Gasteiger partial charge on any atom is 0.128 e. The number of hydrogen-bond donors (Lipinski definition) is 0. The average Bonchev–Trinajstić information content (AvgIpc) is 3.28. The second kappa shape index (κ2) is 8.32. The van der Waals surface area contributed by atoms with E-state index in [0.29, 0.717) is 17.4 Å². The highest BCUT2D eigenvalue weighted by Crippen LogP contribution is 2.67. The predicted molar refractivity (Wildman–Crippen MR) is 123 cm³/mol. The summed E-state index contributed by atoms with van der Waals surface area (Å²) in [5.74, 6) is 2.80. The normalized spacial score (nSPS) is 38.3. The van der Waals surface area contributed by atoms with Gasteiger partial charge in [0.2, 0.25) is 0 Å². The SMILES string of the molecule is CC(C)[C@@]1(OCc2ccccc2)C[N@+]2(Cc3ccccc3)C[C@@H](C)[C@@H]3CC[C@H]1[C@@]32C.[Br-]. The number of halogens is 1. The fourth-order valence-corrected chi connectivity index (χ4v) is 8.08. The van der Waals surface area contributed by atoms with Gasteiger partial charge in [0.1, 0.15) is 24.2 Å². The predicted octanol–water partition coefficient (Wildman–Crippen LogP) is 3.07. The summed E-state index contributed by atoms with van der Waals surface area (Å²) in [6.07, 6.45) is 2.70. The molecule has 2 heterocycles. The van der Waals surface area contributed by atoms with Gasteiger partial charge in [0.05, 0.1) is 13.2 Å². The molecule has 1 aliphatic carbocycles. The van der Waals surface area contributed by atoms with E-state index in [1.165, 1.54) is 35.0 Å². The summed E-state index contributed by atoms with van der Waals surface area (Å²) >= 11 is 0. The molecule has 0 amide bonds. The Labute approximate surface area is 199 Å². The van der Waals surface area contributed by atoms with Crippen LogP contribution in [0.5, 0.6) is 0 Å². The van der Waals surface area contributed by atoms with E-state index in [1.54, 1.807) is 0 Å². The third-order valence-corrected chi connectivity index (χ3v) is 9.36. The smallest absolute Gasteiger partial charge is 0.128 e. The van der Waals surface area contributed by atoms with Crippen molar-refractivity contribution in [2.75, 3.05) is 13.1 Å². The van der Waals surface area contributed by atoms with E-state index < -0.39 is 0 Å². The van der Waals surface area contributed by atoms with E-state index in [2.05, 4.69) is 88.4 Å². The minimum atomic E-state index is -0.0335. The molecular formula is C28H38BrNO. The van der Waals surface area contributed by atoms with Crippen LogP contribution in [-0.2, 0) is 17.9 Å². The van der Waals surface area contributed by atoms with E-state index >= 15 is 0 Å². The zero-order chi connectivity index (χ0) is 21.0. The lowest BCUT2D eigenvalue weighted by molar-refractivity contribution is -0.968. The molecule has 5 rings (SSSR count). The Morgan fingerprint density at radius 1 is 0.968 bits per heavy atom. The van der Waals surface area contributed by atoms with Crippen LogP contribution in [-0.4, -0.2) is 28.7 Å². The third kappa shape index (κ3) is 3.34. The molecule has 2 saturated heterocycles. The van der Waals surface area contributed by atoms with Crippen LogP contribution in [0.25, 0.3) is 0 Å². The molecule has 0 radical (unpaired) electrons. The van der Waals surface area contributed by atoms with Gasteiger partial charge in [-0.3, -0.25) is 0 Å². The van der Waals surface area contributed by atoms with E-state index in [-0.39, 0.29) is 22.6 Å². The summed E-state index contributed by atoms with van der Waals surface area (Å²) in [4.78, 5) is 0. The molecule has 0 bridgehead atoms. The van der Waals surface area contributed by atoms with Crippen LogP contribution in [0.2, 0.25) is 0 Å². The number of nitrogens with zero attached hydrogens (tertiary/aromatic N) is 1. The largest absolute Gasteiger partial charge is 1.00 e. The van der Waals surface area contributed by atoms with Gasteiger partial charge in [-0.05, 0) is 31.2 Å². The van der Waals surface area contributed by atoms with Gasteiger partial charge in [-0.15, -0.1) is 0 Å². The van der Waals surface area contributed by atoms with Crippen molar-refractivity contribution in [2.24, 2.45) is 23.7 Å². The van der Waals surface area contributed by atoms with Crippen LogP contribution in [0.15, 0.2) is 60.7 Å². The van der Waals surface area contributed by atoms with E-state index in [9.17, 15) is 0 Å². The van der Waals surface area contributed by atoms with Crippen molar-refractivity contribution >= 4 is 0 Å². The van der Waals surface area contributed by atoms with Gasteiger partial charge in [-0.1, -0.05) is 81.4 Å². The molecule has 2 aromatic carbocycles. The minimum Gasteiger partial charge on any atom is -1.00 e. The summed E-state index contributed by atoms with van der Waals surface area (Å²) in [6, 6.07) is 22.0. The molecule has 168 valence electrons. The molecule has 6 atom stereocenters. The van der Waals surface area contributed by atoms with Crippen LogP contribution in [0, 0.1) is 23.7 Å². The molecule has 0 spiro atoms. The first-order valence-electron chi connectivity index (χ1n) is 12.0. The van der Waals surface area contributed by atoms with Gasteiger partial charge in [0.15, 0.2) is 0 Å². The van der Waals surface area contributed by atoms with Crippen molar-refractivity contribution in [3.8, 4) is 0 Å². The fraction of sp³-hybridized carbons (Fsp3) is 0.571. The van der Waals surface area contributed by atoms with Crippen LogP contribution < -0.4 is 17.0 Å². The highest BCUT2D eigenvalue weighted by Gasteiger charge is 2.78. The lowest BCUT2D eigenvalue weighted by Gasteiger charge is -2.43. The molecule has 0 N–H and O–H groups in total. The van der Waals surface area contributed by atoms with Crippen LogP contribution in [0.3, 0.4) is 0 Å². The maximum atomic E-state index is 7.05.